The fourth-order valence-electron chi connectivity index (χ4n) is 2.57. The number of hydrogen-bond acceptors (Lipinski definition) is 4. The van der Waals surface area contributed by atoms with E-state index in [-0.39, 0.29) is 5.60 Å². The maximum absolute atomic E-state index is 9.57. The van der Waals surface area contributed by atoms with Crippen molar-refractivity contribution in [3.8, 4) is 0 Å². The van der Waals surface area contributed by atoms with E-state index >= 15 is 0 Å². The van der Waals surface area contributed by atoms with Crippen LogP contribution in [0.3, 0.4) is 0 Å². The van der Waals surface area contributed by atoms with Crippen molar-refractivity contribution < 1.29 is 9.84 Å². The van der Waals surface area contributed by atoms with Crippen molar-refractivity contribution in [3.05, 3.63) is 23.3 Å². The predicted molar refractivity (Wildman–Crippen MR) is 64.6 cm³/mol. The van der Waals surface area contributed by atoms with Gasteiger partial charge in [-0.25, -0.2) is 9.97 Å². The monoisotopic (exact) mass is 236 g/mol. The highest BCUT2D eigenvalue weighted by atomic mass is 16.5. The van der Waals surface area contributed by atoms with Crippen LogP contribution in [0.25, 0.3) is 0 Å². The molecule has 17 heavy (non-hydrogen) atoms. The summed E-state index contributed by atoms with van der Waals surface area (Å²) in [6.45, 7) is 3.64. The third-order valence-electron chi connectivity index (χ3n) is 3.68. The van der Waals surface area contributed by atoms with Crippen LogP contribution in [0.15, 0.2) is 6.20 Å². The number of aliphatic hydroxyl groups excluding tert-OH is 1. The van der Waals surface area contributed by atoms with Gasteiger partial charge in [0.2, 0.25) is 0 Å². The highest BCUT2D eigenvalue weighted by Crippen LogP contribution is 2.40. The van der Waals surface area contributed by atoms with Crippen molar-refractivity contribution in [2.45, 2.75) is 51.2 Å². The molecule has 0 aliphatic heterocycles. The lowest BCUT2D eigenvalue weighted by Gasteiger charge is -2.26. The molecule has 0 aromatic carbocycles. The lowest BCUT2D eigenvalue weighted by atomic mass is 10.0. The number of methoxy groups -OCH3 is 1. The second-order valence-corrected chi connectivity index (χ2v) is 4.82. The normalized spacial score (nSPS) is 20.5. The van der Waals surface area contributed by atoms with Crippen LogP contribution in [0.4, 0.5) is 0 Å². The van der Waals surface area contributed by atoms with E-state index in [1.54, 1.807) is 20.2 Å². The van der Waals surface area contributed by atoms with E-state index in [2.05, 4.69) is 9.97 Å². The van der Waals surface area contributed by atoms with Crippen LogP contribution in [-0.4, -0.2) is 22.2 Å². The third-order valence-corrected chi connectivity index (χ3v) is 3.68. The zero-order valence-electron chi connectivity index (χ0n) is 10.7. The summed E-state index contributed by atoms with van der Waals surface area (Å²) in [6, 6.07) is 0. The first-order chi connectivity index (χ1) is 8.09. The van der Waals surface area contributed by atoms with E-state index < -0.39 is 6.10 Å². The molecular weight excluding hydrogens is 216 g/mol. The highest BCUT2D eigenvalue weighted by Gasteiger charge is 2.38. The quantitative estimate of drug-likeness (QED) is 0.874. The number of aromatic nitrogens is 2. The van der Waals surface area contributed by atoms with Gasteiger partial charge < -0.3 is 9.84 Å². The molecule has 0 unspecified atom stereocenters. The van der Waals surface area contributed by atoms with Crippen molar-refractivity contribution in [1.82, 2.24) is 9.97 Å². The molecule has 1 fully saturated rings. The smallest absolute Gasteiger partial charge is 0.160 e. The van der Waals surface area contributed by atoms with Crippen molar-refractivity contribution >= 4 is 0 Å². The average molecular weight is 236 g/mol. The minimum absolute atomic E-state index is 0.304. The molecule has 1 aromatic heterocycles. The Morgan fingerprint density at radius 3 is 2.53 bits per heavy atom. The molecule has 94 valence electrons. The van der Waals surface area contributed by atoms with Gasteiger partial charge in [-0.3, -0.25) is 0 Å². The Morgan fingerprint density at radius 2 is 2.06 bits per heavy atom. The second kappa shape index (κ2) is 4.70. The number of nitrogens with zero attached hydrogens (tertiary/aromatic N) is 2. The SMILES string of the molecule is COC1(c2ncc([C@@H](C)O)c(C)n2)CCCC1. The standard InChI is InChI=1S/C13H20N2O2/c1-9-11(10(2)16)8-14-12(15-9)13(17-3)6-4-5-7-13/h8,10,16H,4-7H2,1-3H3/t10-/m1/s1. The van der Waals surface area contributed by atoms with Crippen molar-refractivity contribution in [2.75, 3.05) is 7.11 Å². The molecule has 0 spiro atoms. The number of hydrogen-bond donors (Lipinski definition) is 1. The topological polar surface area (TPSA) is 55.2 Å². The molecule has 1 saturated carbocycles. The lowest BCUT2D eigenvalue weighted by molar-refractivity contribution is -0.0165. The molecule has 2 rings (SSSR count). The fourth-order valence-corrected chi connectivity index (χ4v) is 2.57. The van der Waals surface area contributed by atoms with Gasteiger partial charge in [0.15, 0.2) is 5.82 Å². The van der Waals surface area contributed by atoms with Gasteiger partial charge in [-0.1, -0.05) is 0 Å². The van der Waals surface area contributed by atoms with Crippen LogP contribution in [0, 0.1) is 6.92 Å². The number of aryl methyl sites for hydroxylation is 1. The summed E-state index contributed by atoms with van der Waals surface area (Å²) in [5, 5.41) is 9.57. The van der Waals surface area contributed by atoms with Crippen LogP contribution in [0.2, 0.25) is 0 Å². The van der Waals surface area contributed by atoms with E-state index in [0.717, 1.165) is 42.8 Å². The van der Waals surface area contributed by atoms with Gasteiger partial charge >= 0.3 is 0 Å². The lowest BCUT2D eigenvalue weighted by Crippen LogP contribution is -2.28. The molecule has 1 aromatic rings. The Balaban J connectivity index is 2.36. The van der Waals surface area contributed by atoms with Gasteiger partial charge in [-0.15, -0.1) is 0 Å². The molecule has 1 heterocycles. The summed E-state index contributed by atoms with van der Waals surface area (Å²) in [7, 11) is 1.73. The molecular formula is C13H20N2O2. The predicted octanol–water partition coefficient (Wildman–Crippen LogP) is 2.25. The van der Waals surface area contributed by atoms with E-state index in [0.29, 0.717) is 0 Å². The van der Waals surface area contributed by atoms with Crippen molar-refractivity contribution in [3.63, 3.8) is 0 Å². The van der Waals surface area contributed by atoms with Gasteiger partial charge in [-0.05, 0) is 39.5 Å². The van der Waals surface area contributed by atoms with Crippen LogP contribution >= 0.6 is 0 Å². The fraction of sp³-hybridized carbons (Fsp3) is 0.692. The van der Waals surface area contributed by atoms with E-state index in [1.807, 2.05) is 6.92 Å². The van der Waals surface area contributed by atoms with E-state index in [9.17, 15) is 5.11 Å². The Morgan fingerprint density at radius 1 is 1.41 bits per heavy atom. The van der Waals surface area contributed by atoms with E-state index in [4.69, 9.17) is 4.74 Å². The Labute approximate surface area is 102 Å². The Bertz CT molecular complexity index is 398. The van der Waals surface area contributed by atoms with Gasteiger partial charge in [0.25, 0.3) is 0 Å². The Hall–Kier alpha value is -1.00. The first kappa shape index (κ1) is 12.5. The van der Waals surface area contributed by atoms with E-state index in [1.165, 1.54) is 0 Å². The molecule has 0 saturated heterocycles. The average Bonchev–Trinajstić information content (AvgIpc) is 2.78. The third kappa shape index (κ3) is 2.19. The summed E-state index contributed by atoms with van der Waals surface area (Å²) in [6.07, 6.45) is 5.49. The van der Waals surface area contributed by atoms with Crippen LogP contribution in [0.1, 0.15) is 55.8 Å². The maximum Gasteiger partial charge on any atom is 0.160 e. The molecule has 4 nitrogen and oxygen atoms in total. The summed E-state index contributed by atoms with van der Waals surface area (Å²) in [5.74, 6) is 0.763. The molecule has 0 radical (unpaired) electrons. The summed E-state index contributed by atoms with van der Waals surface area (Å²) < 4.78 is 5.65. The molecule has 0 bridgehead atoms. The van der Waals surface area contributed by atoms with Crippen molar-refractivity contribution in [2.24, 2.45) is 0 Å². The number of rotatable bonds is 3. The van der Waals surface area contributed by atoms with Crippen LogP contribution < -0.4 is 0 Å². The van der Waals surface area contributed by atoms with Crippen molar-refractivity contribution in [1.29, 1.82) is 0 Å². The zero-order valence-corrected chi connectivity index (χ0v) is 10.7. The summed E-state index contributed by atoms with van der Waals surface area (Å²) in [5.41, 5.74) is 1.33. The molecule has 1 atom stereocenters. The molecule has 1 aliphatic carbocycles. The van der Waals surface area contributed by atoms with Gasteiger partial charge in [0.05, 0.1) is 6.10 Å². The maximum atomic E-state index is 9.57. The number of ether oxygens (including phenoxy) is 1. The second-order valence-electron chi connectivity index (χ2n) is 4.82. The molecule has 4 heteroatoms. The minimum Gasteiger partial charge on any atom is -0.389 e. The molecule has 1 aliphatic rings. The number of aliphatic hydroxyl groups is 1. The van der Waals surface area contributed by atoms with Gasteiger partial charge in [0, 0.05) is 24.6 Å². The summed E-state index contributed by atoms with van der Waals surface area (Å²) >= 11 is 0. The first-order valence-corrected chi connectivity index (χ1v) is 6.16. The van der Waals surface area contributed by atoms with Crippen LogP contribution in [0.5, 0.6) is 0 Å². The Kier molecular flexibility index (Phi) is 3.45. The largest absolute Gasteiger partial charge is 0.389 e. The molecule has 1 N–H and O–H groups in total. The minimum atomic E-state index is -0.522. The zero-order chi connectivity index (χ0) is 12.5. The first-order valence-electron chi connectivity index (χ1n) is 6.16. The molecule has 0 amide bonds. The summed E-state index contributed by atoms with van der Waals surface area (Å²) in [4.78, 5) is 8.91. The van der Waals surface area contributed by atoms with Crippen LogP contribution in [-0.2, 0) is 10.3 Å². The highest BCUT2D eigenvalue weighted by molar-refractivity contribution is 5.20. The van der Waals surface area contributed by atoms with Gasteiger partial charge in [-0.2, -0.15) is 0 Å². The van der Waals surface area contributed by atoms with Gasteiger partial charge in [0.1, 0.15) is 5.60 Å².